The standard InChI is InChI=1S/2C7H8O2S.2C5H5.Zr/c2*1-10(9)7-5-3-2-4-6(7)8;2*1-2-4-5-3-1;/h2*2-5,8H,1H3;2*1-5H;/q;;;;+2/p-2. The van der Waals surface area contributed by atoms with Crippen molar-refractivity contribution in [1.82, 2.24) is 0 Å². The Bertz CT molecular complexity index is 1020. The van der Waals surface area contributed by atoms with Gasteiger partial charge in [0.15, 0.2) is 0 Å². The fourth-order valence-electron chi connectivity index (χ4n) is 3.80. The van der Waals surface area contributed by atoms with Crippen molar-refractivity contribution < 1.29 is 35.2 Å². The zero-order valence-electron chi connectivity index (χ0n) is 17.3. The van der Waals surface area contributed by atoms with Gasteiger partial charge in [0.2, 0.25) is 0 Å². The monoisotopic (exact) mass is 530 g/mol. The van der Waals surface area contributed by atoms with Crippen molar-refractivity contribution in [2.45, 2.75) is 17.0 Å². The van der Waals surface area contributed by atoms with Crippen LogP contribution >= 0.6 is 0 Å². The van der Waals surface area contributed by atoms with Crippen LogP contribution in [0.2, 0.25) is 7.25 Å². The second-order valence-corrected chi connectivity index (χ2v) is 17.8. The van der Waals surface area contributed by atoms with Crippen LogP contribution in [-0.2, 0) is 42.7 Å². The molecule has 0 amide bonds. The van der Waals surface area contributed by atoms with Crippen LogP contribution in [0.4, 0.5) is 0 Å². The van der Waals surface area contributed by atoms with E-state index in [4.69, 9.17) is 5.63 Å². The summed E-state index contributed by atoms with van der Waals surface area (Å²) in [5, 5.41) is 0. The van der Waals surface area contributed by atoms with E-state index in [1.807, 2.05) is 72.8 Å². The van der Waals surface area contributed by atoms with Crippen LogP contribution in [0, 0.1) is 0 Å². The molecule has 2 aromatic carbocycles. The van der Waals surface area contributed by atoms with Gasteiger partial charge >= 0.3 is 195 Å². The fraction of sp³-hybridized carbons (Fsp3) is 0.167. The number of allylic oxidation sites excluding steroid dienone is 8. The Labute approximate surface area is 193 Å². The summed E-state index contributed by atoms with van der Waals surface area (Å²) in [5.74, 6) is 1.19. The van der Waals surface area contributed by atoms with Crippen LogP contribution in [0.25, 0.3) is 0 Å². The van der Waals surface area contributed by atoms with E-state index in [9.17, 15) is 8.42 Å². The van der Waals surface area contributed by atoms with E-state index < -0.39 is 42.7 Å². The number of hydrogen-bond acceptors (Lipinski definition) is 4. The van der Waals surface area contributed by atoms with Crippen molar-refractivity contribution in [3.05, 3.63) is 97.1 Å². The van der Waals surface area contributed by atoms with Gasteiger partial charge in [-0.25, -0.2) is 0 Å². The van der Waals surface area contributed by atoms with Crippen LogP contribution in [0.5, 0.6) is 11.5 Å². The molecule has 7 heteroatoms. The molecule has 0 saturated heterocycles. The van der Waals surface area contributed by atoms with Crippen LogP contribution in [0.3, 0.4) is 0 Å². The molecule has 2 aliphatic carbocycles. The summed E-state index contributed by atoms with van der Waals surface area (Å²) in [4.78, 5) is 1.30. The Morgan fingerprint density at radius 3 is 1.35 bits per heavy atom. The third-order valence-electron chi connectivity index (χ3n) is 5.28. The van der Waals surface area contributed by atoms with Gasteiger partial charge in [-0.05, 0) is 0 Å². The Hall–Kier alpha value is -1.82. The molecule has 2 aliphatic rings. The summed E-state index contributed by atoms with van der Waals surface area (Å²) in [6.45, 7) is 0. The Morgan fingerprint density at radius 2 is 1.00 bits per heavy atom. The molecule has 0 N–H and O–H groups in total. The first kappa shape index (κ1) is 22.4. The fourth-order valence-corrected chi connectivity index (χ4v) is 14.3. The van der Waals surface area contributed by atoms with Gasteiger partial charge in [-0.3, -0.25) is 0 Å². The van der Waals surface area contributed by atoms with Gasteiger partial charge in [-0.2, -0.15) is 0 Å². The zero-order chi connectivity index (χ0) is 21.8. The normalized spacial score (nSPS) is 17.9. The SMILES string of the molecule is CS(=O)c1ccccc1[O][Zr]([O]c1ccccc1S(C)=O)([CH]1C=CC=C1)[CH]1C=CC=C1. The minimum absolute atomic E-state index is 0.0107. The zero-order valence-corrected chi connectivity index (χ0v) is 21.4. The molecule has 0 fully saturated rings. The first-order valence-electron chi connectivity index (χ1n) is 9.94. The minimum atomic E-state index is -4.20. The second kappa shape index (κ2) is 9.76. The molecular weight excluding hydrogens is 508 g/mol. The molecule has 31 heavy (non-hydrogen) atoms. The quantitative estimate of drug-likeness (QED) is 0.456. The van der Waals surface area contributed by atoms with E-state index in [0.29, 0.717) is 21.3 Å². The van der Waals surface area contributed by atoms with Gasteiger partial charge in [0.05, 0.1) is 0 Å². The average molecular weight is 532 g/mol. The van der Waals surface area contributed by atoms with Gasteiger partial charge in [0, 0.05) is 0 Å². The summed E-state index contributed by atoms with van der Waals surface area (Å²) in [6, 6.07) is 14.9. The molecule has 4 nitrogen and oxygen atoms in total. The molecule has 0 radical (unpaired) electrons. The molecule has 0 aromatic heterocycles. The van der Waals surface area contributed by atoms with E-state index in [0.717, 1.165) is 0 Å². The van der Waals surface area contributed by atoms with Crippen LogP contribution in [-0.4, -0.2) is 20.9 Å². The molecule has 160 valence electrons. The molecule has 0 aliphatic heterocycles. The van der Waals surface area contributed by atoms with Crippen molar-refractivity contribution >= 4 is 21.6 Å². The third kappa shape index (κ3) is 4.69. The molecule has 0 heterocycles. The molecule has 2 atom stereocenters. The van der Waals surface area contributed by atoms with Crippen molar-refractivity contribution in [2.75, 3.05) is 12.5 Å². The summed E-state index contributed by atoms with van der Waals surface area (Å²) in [5.41, 5.74) is 0. The summed E-state index contributed by atoms with van der Waals surface area (Å²) in [6.07, 6.45) is 19.8. The Morgan fingerprint density at radius 1 is 0.645 bits per heavy atom. The topological polar surface area (TPSA) is 52.6 Å². The first-order valence-corrected chi connectivity index (χ1v) is 17.9. The van der Waals surface area contributed by atoms with E-state index >= 15 is 0 Å². The Balaban J connectivity index is 1.88. The molecule has 2 aromatic rings. The number of benzene rings is 2. The molecule has 0 bridgehead atoms. The summed E-state index contributed by atoms with van der Waals surface area (Å²) < 4.78 is 38.6. The van der Waals surface area contributed by atoms with Crippen molar-refractivity contribution in [1.29, 1.82) is 0 Å². The van der Waals surface area contributed by atoms with Gasteiger partial charge in [-0.15, -0.1) is 0 Å². The summed E-state index contributed by atoms with van der Waals surface area (Å²) in [7, 11) is -2.41. The van der Waals surface area contributed by atoms with Gasteiger partial charge < -0.3 is 0 Å². The van der Waals surface area contributed by atoms with Crippen LogP contribution in [0.15, 0.2) is 107 Å². The molecule has 0 spiro atoms. The maximum atomic E-state index is 12.4. The van der Waals surface area contributed by atoms with Crippen LogP contribution < -0.4 is 5.63 Å². The number of hydrogen-bond donors (Lipinski definition) is 0. The van der Waals surface area contributed by atoms with E-state index in [2.05, 4.69) is 24.3 Å². The molecule has 4 rings (SSSR count). The van der Waals surface area contributed by atoms with Gasteiger partial charge in [-0.1, -0.05) is 0 Å². The van der Waals surface area contributed by atoms with E-state index in [-0.39, 0.29) is 7.25 Å². The third-order valence-corrected chi connectivity index (χ3v) is 16.3. The maximum absolute atomic E-state index is 12.4. The van der Waals surface area contributed by atoms with Crippen molar-refractivity contribution in [3.63, 3.8) is 0 Å². The predicted molar refractivity (Wildman–Crippen MR) is 123 cm³/mol. The number of rotatable bonds is 8. The van der Waals surface area contributed by atoms with Gasteiger partial charge in [0.25, 0.3) is 0 Å². The van der Waals surface area contributed by atoms with E-state index in [1.165, 1.54) is 0 Å². The molecular formula is C24H24O4S2Zr. The summed E-state index contributed by atoms with van der Waals surface area (Å²) >= 11 is -4.20. The number of para-hydroxylation sites is 2. The predicted octanol–water partition coefficient (Wildman–Crippen LogP) is 5.43. The van der Waals surface area contributed by atoms with Crippen LogP contribution in [0.1, 0.15) is 0 Å². The van der Waals surface area contributed by atoms with Gasteiger partial charge in [0.1, 0.15) is 0 Å². The molecule has 2 unspecified atom stereocenters. The van der Waals surface area contributed by atoms with Crippen molar-refractivity contribution in [3.8, 4) is 11.5 Å². The second-order valence-electron chi connectivity index (χ2n) is 7.32. The van der Waals surface area contributed by atoms with E-state index in [1.54, 1.807) is 12.5 Å². The Kier molecular flexibility index (Phi) is 7.05. The molecule has 0 saturated carbocycles. The average Bonchev–Trinajstić information content (AvgIpc) is 3.48. The first-order chi connectivity index (χ1) is 15.0. The van der Waals surface area contributed by atoms with Crippen molar-refractivity contribution in [2.24, 2.45) is 0 Å².